The lowest BCUT2D eigenvalue weighted by Crippen LogP contribution is -2.58. The number of morpholine rings is 1. The van der Waals surface area contributed by atoms with Crippen LogP contribution in [0.4, 0.5) is 5.82 Å². The van der Waals surface area contributed by atoms with Crippen molar-refractivity contribution >= 4 is 34.5 Å². The second kappa shape index (κ2) is 9.23. The Bertz CT molecular complexity index is 933. The molecule has 4 heterocycles. The Morgan fingerprint density at radius 1 is 1.16 bits per heavy atom. The lowest BCUT2D eigenvalue weighted by molar-refractivity contribution is -0.121. The minimum Gasteiger partial charge on any atom is -0.378 e. The number of nitrogens with zero attached hydrogens (tertiary/aromatic N) is 7. The summed E-state index contributed by atoms with van der Waals surface area (Å²) in [5, 5.41) is 0.234. The molecule has 2 aliphatic rings. The maximum atomic E-state index is 11.4. The Morgan fingerprint density at radius 3 is 2.45 bits per heavy atom. The first-order valence-corrected chi connectivity index (χ1v) is 11.3. The molecule has 31 heavy (non-hydrogen) atoms. The number of hydrogen-bond acceptors (Lipinski definition) is 8. The summed E-state index contributed by atoms with van der Waals surface area (Å²) in [5.41, 5.74) is 6.99. The molecule has 2 aliphatic heterocycles. The third-order valence-corrected chi connectivity index (χ3v) is 6.30. The molecular weight excluding hydrogens is 420 g/mol. The molecule has 0 spiro atoms. The van der Waals surface area contributed by atoms with Gasteiger partial charge in [-0.1, -0.05) is 0 Å². The Morgan fingerprint density at radius 2 is 1.84 bits per heavy atom. The number of rotatable bonds is 6. The maximum absolute atomic E-state index is 11.4. The highest BCUT2D eigenvalue weighted by Crippen LogP contribution is 2.28. The molecule has 170 valence electrons. The van der Waals surface area contributed by atoms with Gasteiger partial charge in [0.15, 0.2) is 17.0 Å². The van der Waals surface area contributed by atoms with Crippen molar-refractivity contribution in [3.05, 3.63) is 11.1 Å². The van der Waals surface area contributed by atoms with Crippen molar-refractivity contribution in [1.82, 2.24) is 29.3 Å². The number of fused-ring (bicyclic) bond motifs is 1. The predicted octanol–water partition coefficient (Wildman–Crippen LogP) is 0.716. The molecule has 0 aromatic carbocycles. The van der Waals surface area contributed by atoms with E-state index in [1.807, 2.05) is 0 Å². The predicted molar refractivity (Wildman–Crippen MR) is 119 cm³/mol. The van der Waals surface area contributed by atoms with Gasteiger partial charge in [-0.3, -0.25) is 14.6 Å². The zero-order valence-electron chi connectivity index (χ0n) is 18.4. The SMILES string of the molecule is CCn1c(CN2C[C@@H](C)N(CC(N)=O)[C@@H](C)C2)nc2c(N3CCOCC3)nc(Cl)nc21. The fraction of sp³-hybridized carbons (Fsp3) is 0.700. The molecule has 2 atom stereocenters. The van der Waals surface area contributed by atoms with Crippen molar-refractivity contribution in [2.24, 2.45) is 5.73 Å². The number of anilines is 1. The fourth-order valence-electron chi connectivity index (χ4n) is 4.74. The molecule has 2 N–H and O–H groups in total. The van der Waals surface area contributed by atoms with Gasteiger partial charge in [0, 0.05) is 44.8 Å². The van der Waals surface area contributed by atoms with E-state index in [1.165, 1.54) is 0 Å². The summed E-state index contributed by atoms with van der Waals surface area (Å²) in [6.45, 7) is 12.6. The van der Waals surface area contributed by atoms with E-state index in [9.17, 15) is 4.79 Å². The number of piperazine rings is 1. The normalized spacial score (nSPS) is 23.5. The van der Waals surface area contributed by atoms with E-state index in [2.05, 4.69) is 50.0 Å². The number of amides is 1. The third kappa shape index (κ3) is 4.62. The van der Waals surface area contributed by atoms with Gasteiger partial charge in [-0.15, -0.1) is 0 Å². The summed E-state index contributed by atoms with van der Waals surface area (Å²) in [5.74, 6) is 1.44. The summed E-state index contributed by atoms with van der Waals surface area (Å²) >= 11 is 6.29. The quantitative estimate of drug-likeness (QED) is 0.641. The van der Waals surface area contributed by atoms with Crippen LogP contribution < -0.4 is 10.6 Å². The highest BCUT2D eigenvalue weighted by atomic mass is 35.5. The summed E-state index contributed by atoms with van der Waals surface area (Å²) in [4.78, 5) is 32.1. The first kappa shape index (κ1) is 22.2. The Kier molecular flexibility index (Phi) is 6.61. The van der Waals surface area contributed by atoms with Crippen LogP contribution in [0.2, 0.25) is 5.28 Å². The lowest BCUT2D eigenvalue weighted by atomic mass is 10.1. The van der Waals surface area contributed by atoms with Gasteiger partial charge in [-0.2, -0.15) is 9.97 Å². The number of primary amides is 1. The van der Waals surface area contributed by atoms with Crippen LogP contribution in [0, 0.1) is 0 Å². The van der Waals surface area contributed by atoms with Gasteiger partial charge in [-0.25, -0.2) is 4.98 Å². The number of imidazole rings is 1. The van der Waals surface area contributed by atoms with Crippen LogP contribution in [-0.2, 0) is 22.6 Å². The summed E-state index contributed by atoms with van der Waals surface area (Å²) in [6.07, 6.45) is 0. The smallest absolute Gasteiger partial charge is 0.231 e. The molecule has 4 rings (SSSR count). The van der Waals surface area contributed by atoms with E-state index in [1.54, 1.807) is 0 Å². The van der Waals surface area contributed by atoms with Crippen LogP contribution in [-0.4, -0.2) is 93.2 Å². The lowest BCUT2D eigenvalue weighted by Gasteiger charge is -2.43. The number of aromatic nitrogens is 4. The van der Waals surface area contributed by atoms with Crippen LogP contribution in [0.25, 0.3) is 11.2 Å². The fourth-order valence-corrected chi connectivity index (χ4v) is 4.90. The summed E-state index contributed by atoms with van der Waals surface area (Å²) < 4.78 is 7.61. The van der Waals surface area contributed by atoms with Gasteiger partial charge in [-0.05, 0) is 32.4 Å². The number of ether oxygens (including phenoxy) is 1. The standard InChI is InChI=1S/C20H31ClN8O2/c1-4-28-16(12-26-9-13(2)29(11-15(22)30)14(3)10-26)23-17-18(24-20(21)25-19(17)28)27-5-7-31-8-6-27/h13-14H,4-12H2,1-3H3,(H2,22,30)/t13-,14+. The molecule has 0 unspecified atom stereocenters. The van der Waals surface area contributed by atoms with E-state index in [-0.39, 0.29) is 23.3 Å². The van der Waals surface area contributed by atoms with Gasteiger partial charge in [0.25, 0.3) is 0 Å². The van der Waals surface area contributed by atoms with Gasteiger partial charge >= 0.3 is 0 Å². The molecule has 2 fully saturated rings. The highest BCUT2D eigenvalue weighted by Gasteiger charge is 2.31. The second-order valence-corrected chi connectivity index (χ2v) is 8.73. The molecule has 11 heteroatoms. The molecule has 0 radical (unpaired) electrons. The molecule has 2 aromatic rings. The zero-order valence-corrected chi connectivity index (χ0v) is 19.2. The number of aryl methyl sites for hydroxylation is 1. The van der Waals surface area contributed by atoms with Crippen molar-refractivity contribution in [2.45, 2.75) is 45.9 Å². The second-order valence-electron chi connectivity index (χ2n) is 8.39. The summed E-state index contributed by atoms with van der Waals surface area (Å²) in [7, 11) is 0. The molecular formula is C20H31ClN8O2. The Balaban J connectivity index is 1.61. The van der Waals surface area contributed by atoms with E-state index < -0.39 is 0 Å². The Labute approximate surface area is 187 Å². The largest absolute Gasteiger partial charge is 0.378 e. The first-order chi connectivity index (χ1) is 14.9. The van der Waals surface area contributed by atoms with Gasteiger partial charge in [0.05, 0.1) is 26.3 Å². The highest BCUT2D eigenvalue weighted by molar-refractivity contribution is 6.28. The van der Waals surface area contributed by atoms with E-state index in [4.69, 9.17) is 27.1 Å². The topological polar surface area (TPSA) is 106 Å². The zero-order chi connectivity index (χ0) is 22.1. The molecule has 10 nitrogen and oxygen atoms in total. The third-order valence-electron chi connectivity index (χ3n) is 6.14. The van der Waals surface area contributed by atoms with Gasteiger partial charge in [0.1, 0.15) is 5.82 Å². The van der Waals surface area contributed by atoms with E-state index >= 15 is 0 Å². The number of halogens is 1. The van der Waals surface area contributed by atoms with Crippen LogP contribution in [0.1, 0.15) is 26.6 Å². The first-order valence-electron chi connectivity index (χ1n) is 10.9. The van der Waals surface area contributed by atoms with Gasteiger partial charge < -0.3 is 19.9 Å². The van der Waals surface area contributed by atoms with Crippen LogP contribution in [0.5, 0.6) is 0 Å². The van der Waals surface area contributed by atoms with Crippen LogP contribution in [0.3, 0.4) is 0 Å². The van der Waals surface area contributed by atoms with Crippen LogP contribution in [0.15, 0.2) is 0 Å². The number of nitrogens with two attached hydrogens (primary N) is 1. The van der Waals surface area contributed by atoms with Crippen LogP contribution >= 0.6 is 11.6 Å². The van der Waals surface area contributed by atoms with Gasteiger partial charge in [0.2, 0.25) is 11.2 Å². The monoisotopic (exact) mass is 450 g/mol. The van der Waals surface area contributed by atoms with E-state index in [0.717, 1.165) is 55.5 Å². The average molecular weight is 451 g/mol. The number of carbonyl (C=O) groups is 1. The Hall–Kier alpha value is -2.01. The van der Waals surface area contributed by atoms with Crippen molar-refractivity contribution in [1.29, 1.82) is 0 Å². The van der Waals surface area contributed by atoms with E-state index in [0.29, 0.717) is 26.3 Å². The number of carbonyl (C=O) groups excluding carboxylic acids is 1. The average Bonchev–Trinajstić information content (AvgIpc) is 3.07. The minimum atomic E-state index is -0.286. The molecule has 0 bridgehead atoms. The molecule has 0 saturated carbocycles. The maximum Gasteiger partial charge on any atom is 0.231 e. The minimum absolute atomic E-state index is 0.230. The molecule has 0 aliphatic carbocycles. The molecule has 1 amide bonds. The van der Waals surface area contributed by atoms with Crippen molar-refractivity contribution in [2.75, 3.05) is 50.8 Å². The summed E-state index contributed by atoms with van der Waals surface area (Å²) in [6, 6.07) is 0.461. The number of hydrogen-bond donors (Lipinski definition) is 1. The van der Waals surface area contributed by atoms with Crippen molar-refractivity contribution in [3.63, 3.8) is 0 Å². The molecule has 2 aromatic heterocycles. The molecule has 2 saturated heterocycles. The van der Waals surface area contributed by atoms with Crippen molar-refractivity contribution < 1.29 is 9.53 Å². The van der Waals surface area contributed by atoms with Crippen molar-refractivity contribution in [3.8, 4) is 0 Å².